The number of carboxylic acid groups (broad SMARTS) is 1. The first-order valence-electron chi connectivity index (χ1n) is 5.67. The Balaban J connectivity index is 2.37. The van der Waals surface area contributed by atoms with E-state index in [4.69, 9.17) is 21.2 Å². The van der Waals surface area contributed by atoms with Gasteiger partial charge >= 0.3 is 5.97 Å². The van der Waals surface area contributed by atoms with Crippen LogP contribution in [0.25, 0.3) is 0 Å². The number of aromatic carboxylic acids is 1. The Labute approximate surface area is 119 Å². The van der Waals surface area contributed by atoms with Crippen molar-refractivity contribution in [2.24, 2.45) is 0 Å². The fourth-order valence-electron chi connectivity index (χ4n) is 1.80. The third-order valence-corrected chi connectivity index (χ3v) is 2.96. The molecule has 2 aromatic rings. The number of rotatable bonds is 3. The van der Waals surface area contributed by atoms with E-state index in [1.807, 2.05) is 0 Å². The summed E-state index contributed by atoms with van der Waals surface area (Å²) in [5.74, 6) is -1.29. The predicted molar refractivity (Wildman–Crippen MR) is 72.3 cm³/mol. The predicted octanol–water partition coefficient (Wildman–Crippen LogP) is 2.90. The van der Waals surface area contributed by atoms with E-state index in [0.29, 0.717) is 16.5 Å². The third kappa shape index (κ3) is 2.65. The normalized spacial score (nSPS) is 10.3. The van der Waals surface area contributed by atoms with Gasteiger partial charge in [0.15, 0.2) is 0 Å². The number of nitrogens with zero attached hydrogens (tertiary/aromatic N) is 1. The zero-order valence-electron chi connectivity index (χ0n) is 10.7. The minimum Gasteiger partial charge on any atom is -0.478 e. The minimum absolute atomic E-state index is 0.0467. The van der Waals surface area contributed by atoms with Gasteiger partial charge in [0.25, 0.3) is 5.91 Å². The van der Waals surface area contributed by atoms with Gasteiger partial charge in [-0.1, -0.05) is 16.8 Å². The van der Waals surface area contributed by atoms with Gasteiger partial charge in [0, 0.05) is 5.02 Å². The molecule has 0 saturated carbocycles. The van der Waals surface area contributed by atoms with E-state index >= 15 is 0 Å². The van der Waals surface area contributed by atoms with Crippen LogP contribution < -0.4 is 5.32 Å². The van der Waals surface area contributed by atoms with Gasteiger partial charge in [-0.15, -0.1) is 0 Å². The van der Waals surface area contributed by atoms with Gasteiger partial charge in [0.1, 0.15) is 11.3 Å². The Morgan fingerprint density at radius 3 is 2.60 bits per heavy atom. The molecule has 104 valence electrons. The fourth-order valence-corrected chi connectivity index (χ4v) is 1.97. The minimum atomic E-state index is -1.16. The lowest BCUT2D eigenvalue weighted by molar-refractivity contribution is 0.0698. The number of carbonyl (C=O) groups is 2. The maximum absolute atomic E-state index is 12.2. The van der Waals surface area contributed by atoms with Crippen LogP contribution in [0.2, 0.25) is 5.02 Å². The van der Waals surface area contributed by atoms with Gasteiger partial charge in [-0.3, -0.25) is 4.79 Å². The summed E-state index contributed by atoms with van der Waals surface area (Å²) in [6.45, 7) is 3.23. The Bertz CT molecular complexity index is 674. The monoisotopic (exact) mass is 294 g/mol. The van der Waals surface area contributed by atoms with Crippen LogP contribution in [-0.2, 0) is 0 Å². The number of anilines is 1. The second kappa shape index (κ2) is 5.34. The summed E-state index contributed by atoms with van der Waals surface area (Å²) in [7, 11) is 0. The summed E-state index contributed by atoms with van der Waals surface area (Å²) < 4.78 is 4.90. The average molecular weight is 295 g/mol. The van der Waals surface area contributed by atoms with Crippen molar-refractivity contribution in [1.82, 2.24) is 5.16 Å². The zero-order chi connectivity index (χ0) is 14.9. The highest BCUT2D eigenvalue weighted by Crippen LogP contribution is 2.23. The number of carboxylic acids is 1. The summed E-state index contributed by atoms with van der Waals surface area (Å²) in [6, 6.07) is 4.14. The third-order valence-electron chi connectivity index (χ3n) is 2.72. The van der Waals surface area contributed by atoms with Crippen molar-refractivity contribution < 1.29 is 19.2 Å². The molecule has 1 amide bonds. The maximum Gasteiger partial charge on any atom is 0.337 e. The lowest BCUT2D eigenvalue weighted by Crippen LogP contribution is -2.16. The molecule has 0 aliphatic carbocycles. The quantitative estimate of drug-likeness (QED) is 0.908. The molecule has 20 heavy (non-hydrogen) atoms. The lowest BCUT2D eigenvalue weighted by Gasteiger charge is -2.08. The van der Waals surface area contributed by atoms with Crippen LogP contribution in [0, 0.1) is 13.8 Å². The number of carbonyl (C=O) groups excluding carboxylic acids is 1. The van der Waals surface area contributed by atoms with Crippen molar-refractivity contribution >= 4 is 29.2 Å². The van der Waals surface area contributed by atoms with Crippen molar-refractivity contribution in [3.05, 3.63) is 45.8 Å². The number of nitrogens with one attached hydrogen (secondary N) is 1. The standard InChI is InChI=1S/C13H11ClN2O4/c1-6-11(7(2)20-16-6)12(17)15-10-5-8(14)3-4-9(10)13(18)19/h3-5H,1-2H3,(H,15,17)(H,18,19). The van der Waals surface area contributed by atoms with Crippen LogP contribution >= 0.6 is 11.6 Å². The Hall–Kier alpha value is -2.34. The second-order valence-electron chi connectivity index (χ2n) is 4.15. The molecule has 2 N–H and O–H groups in total. The largest absolute Gasteiger partial charge is 0.478 e. The summed E-state index contributed by atoms with van der Waals surface area (Å²) in [6.07, 6.45) is 0. The number of halogens is 1. The fraction of sp³-hybridized carbons (Fsp3) is 0.154. The van der Waals surface area contributed by atoms with Crippen molar-refractivity contribution in [2.75, 3.05) is 5.32 Å². The molecule has 0 aliphatic heterocycles. The molecule has 0 saturated heterocycles. The molecule has 0 bridgehead atoms. The average Bonchev–Trinajstić information content (AvgIpc) is 2.68. The van der Waals surface area contributed by atoms with Gasteiger partial charge in [-0.2, -0.15) is 0 Å². The number of benzene rings is 1. The molecule has 1 aromatic carbocycles. The Morgan fingerprint density at radius 2 is 2.05 bits per heavy atom. The first-order chi connectivity index (χ1) is 9.40. The van der Waals surface area contributed by atoms with E-state index in [1.54, 1.807) is 13.8 Å². The lowest BCUT2D eigenvalue weighted by atomic mass is 10.1. The second-order valence-corrected chi connectivity index (χ2v) is 4.58. The molecule has 0 spiro atoms. The highest BCUT2D eigenvalue weighted by atomic mass is 35.5. The number of hydrogen-bond donors (Lipinski definition) is 2. The summed E-state index contributed by atoms with van der Waals surface area (Å²) in [5, 5.41) is 15.6. The number of aryl methyl sites for hydroxylation is 2. The van der Waals surface area contributed by atoms with Gasteiger partial charge in [-0.25, -0.2) is 4.79 Å². The maximum atomic E-state index is 12.2. The first-order valence-corrected chi connectivity index (χ1v) is 6.05. The van der Waals surface area contributed by atoms with E-state index in [2.05, 4.69) is 10.5 Å². The molecule has 0 atom stereocenters. The van der Waals surface area contributed by atoms with E-state index in [1.165, 1.54) is 18.2 Å². The van der Waals surface area contributed by atoms with E-state index in [9.17, 15) is 9.59 Å². The molecular formula is C13H11ClN2O4. The van der Waals surface area contributed by atoms with Crippen molar-refractivity contribution in [3.8, 4) is 0 Å². The highest BCUT2D eigenvalue weighted by Gasteiger charge is 2.20. The van der Waals surface area contributed by atoms with Gasteiger partial charge < -0.3 is 14.9 Å². The molecule has 0 radical (unpaired) electrons. The number of amides is 1. The van der Waals surface area contributed by atoms with Gasteiger partial charge in [0.05, 0.1) is 16.9 Å². The van der Waals surface area contributed by atoms with Gasteiger partial charge in [-0.05, 0) is 32.0 Å². The Morgan fingerprint density at radius 1 is 1.35 bits per heavy atom. The first kappa shape index (κ1) is 14.1. The van der Waals surface area contributed by atoms with Crippen molar-refractivity contribution in [2.45, 2.75) is 13.8 Å². The molecule has 0 aliphatic rings. The smallest absolute Gasteiger partial charge is 0.337 e. The van der Waals surface area contributed by atoms with Crippen LogP contribution in [-0.4, -0.2) is 22.1 Å². The number of aromatic nitrogens is 1. The molecule has 0 unspecified atom stereocenters. The summed E-state index contributed by atoms with van der Waals surface area (Å²) in [4.78, 5) is 23.3. The summed E-state index contributed by atoms with van der Waals surface area (Å²) >= 11 is 5.82. The van der Waals surface area contributed by atoms with Crippen molar-refractivity contribution in [1.29, 1.82) is 0 Å². The zero-order valence-corrected chi connectivity index (χ0v) is 11.5. The number of hydrogen-bond acceptors (Lipinski definition) is 4. The molecule has 0 fully saturated rings. The molecule has 1 heterocycles. The summed E-state index contributed by atoms with van der Waals surface area (Å²) in [5.41, 5.74) is 0.782. The molecule has 2 rings (SSSR count). The van der Waals surface area contributed by atoms with E-state index in [0.717, 1.165) is 0 Å². The van der Waals surface area contributed by atoms with Crippen LogP contribution in [0.5, 0.6) is 0 Å². The van der Waals surface area contributed by atoms with E-state index in [-0.39, 0.29) is 16.8 Å². The topological polar surface area (TPSA) is 92.4 Å². The Kier molecular flexibility index (Phi) is 3.76. The van der Waals surface area contributed by atoms with Crippen LogP contribution in [0.3, 0.4) is 0 Å². The van der Waals surface area contributed by atoms with Crippen LogP contribution in [0.1, 0.15) is 32.2 Å². The molecule has 1 aromatic heterocycles. The molecule has 7 heteroatoms. The SMILES string of the molecule is Cc1noc(C)c1C(=O)Nc1cc(Cl)ccc1C(=O)O. The van der Waals surface area contributed by atoms with Crippen LogP contribution in [0.15, 0.2) is 22.7 Å². The van der Waals surface area contributed by atoms with Gasteiger partial charge in [0.2, 0.25) is 0 Å². The van der Waals surface area contributed by atoms with Crippen molar-refractivity contribution in [3.63, 3.8) is 0 Å². The van der Waals surface area contributed by atoms with Crippen LogP contribution in [0.4, 0.5) is 5.69 Å². The van der Waals surface area contributed by atoms with E-state index < -0.39 is 11.9 Å². The molecule has 6 nitrogen and oxygen atoms in total. The highest BCUT2D eigenvalue weighted by molar-refractivity contribution is 6.31. The molecular weight excluding hydrogens is 284 g/mol.